The van der Waals surface area contributed by atoms with Gasteiger partial charge < -0.3 is 10.1 Å². The smallest absolute Gasteiger partial charge is 0.136 e. The second-order valence-corrected chi connectivity index (χ2v) is 4.91. The first-order chi connectivity index (χ1) is 7.79. The summed E-state index contributed by atoms with van der Waals surface area (Å²) in [5.74, 6) is 0.713. The quantitative estimate of drug-likeness (QED) is 0.569. The lowest BCUT2D eigenvalue weighted by Crippen LogP contribution is -2.55. The van der Waals surface area contributed by atoms with Crippen LogP contribution >= 0.6 is 0 Å². The van der Waals surface area contributed by atoms with E-state index < -0.39 is 0 Å². The third kappa shape index (κ3) is 2.92. The highest BCUT2D eigenvalue weighted by Gasteiger charge is 2.34. The molecule has 2 unspecified atom stereocenters. The van der Waals surface area contributed by atoms with E-state index in [2.05, 4.69) is 11.9 Å². The number of piperidine rings is 1. The number of allylic oxidation sites excluding steroid dienone is 1. The number of hydrogen-bond donors (Lipinski definition) is 1. The van der Waals surface area contributed by atoms with Gasteiger partial charge in [-0.1, -0.05) is 6.08 Å². The molecule has 2 fully saturated rings. The number of fused-ring (bicyclic) bond motifs is 2. The summed E-state index contributed by atoms with van der Waals surface area (Å²) < 4.78 is 5.48. The normalized spacial score (nSPS) is 33.4. The predicted octanol–water partition coefficient (Wildman–Crippen LogP) is 1.68. The largest absolute Gasteiger partial charge is 0.378 e. The molecule has 2 aliphatic heterocycles. The molecule has 0 aromatic heterocycles. The van der Waals surface area contributed by atoms with Gasteiger partial charge in [-0.05, 0) is 25.7 Å². The molecule has 0 spiro atoms. The third-order valence-electron chi connectivity index (χ3n) is 3.53. The highest BCUT2D eigenvalue weighted by atomic mass is 16.5. The van der Waals surface area contributed by atoms with E-state index in [0.717, 1.165) is 45.3 Å². The number of ketones is 1. The molecule has 0 saturated carbocycles. The molecule has 2 aliphatic rings. The minimum Gasteiger partial charge on any atom is -0.378 e. The van der Waals surface area contributed by atoms with E-state index in [1.54, 1.807) is 0 Å². The average Bonchev–Trinajstić information content (AvgIpc) is 2.28. The number of carbonyl (C=O) groups excluding carboxylic acids is 1. The van der Waals surface area contributed by atoms with Gasteiger partial charge >= 0.3 is 0 Å². The summed E-state index contributed by atoms with van der Waals surface area (Å²) in [4.78, 5) is 12.0. The van der Waals surface area contributed by atoms with Crippen LogP contribution in [0.1, 0.15) is 32.1 Å². The number of hydrogen-bond acceptors (Lipinski definition) is 3. The zero-order chi connectivity index (χ0) is 11.4. The van der Waals surface area contributed by atoms with Crippen LogP contribution in [0.5, 0.6) is 0 Å². The molecule has 16 heavy (non-hydrogen) atoms. The fraction of sp³-hybridized carbons (Fsp3) is 0.769. The van der Waals surface area contributed by atoms with Crippen LogP contribution in [0.4, 0.5) is 0 Å². The predicted molar refractivity (Wildman–Crippen MR) is 63.3 cm³/mol. The molecule has 0 aromatic rings. The molecular weight excluding hydrogens is 202 g/mol. The van der Waals surface area contributed by atoms with Gasteiger partial charge in [0.05, 0.1) is 13.2 Å². The fourth-order valence-electron chi connectivity index (χ4n) is 2.73. The van der Waals surface area contributed by atoms with Crippen LogP contribution in [0.25, 0.3) is 0 Å². The molecule has 2 rings (SSSR count). The Morgan fingerprint density at radius 1 is 1.38 bits per heavy atom. The summed E-state index contributed by atoms with van der Waals surface area (Å²) in [6, 6.07) is 0.807. The number of morpholine rings is 1. The fourth-order valence-corrected chi connectivity index (χ4v) is 2.73. The Bertz CT molecular complexity index is 253. The lowest BCUT2D eigenvalue weighted by Gasteiger charge is -2.39. The van der Waals surface area contributed by atoms with Crippen LogP contribution in [0.15, 0.2) is 12.7 Å². The Hall–Kier alpha value is -0.670. The van der Waals surface area contributed by atoms with Crippen molar-refractivity contribution in [1.29, 1.82) is 0 Å². The van der Waals surface area contributed by atoms with Gasteiger partial charge in [-0.3, -0.25) is 4.79 Å². The van der Waals surface area contributed by atoms with Crippen LogP contribution in [0.2, 0.25) is 0 Å². The van der Waals surface area contributed by atoms with Crippen molar-refractivity contribution in [2.24, 2.45) is 5.92 Å². The van der Waals surface area contributed by atoms with E-state index in [-0.39, 0.29) is 5.92 Å². The van der Waals surface area contributed by atoms with E-state index in [0.29, 0.717) is 17.9 Å². The van der Waals surface area contributed by atoms with Crippen molar-refractivity contribution in [3.8, 4) is 0 Å². The van der Waals surface area contributed by atoms with E-state index in [4.69, 9.17) is 4.74 Å². The summed E-state index contributed by atoms with van der Waals surface area (Å²) >= 11 is 0. The molecule has 2 atom stereocenters. The number of unbranched alkanes of at least 4 members (excludes halogenated alkanes) is 1. The summed E-state index contributed by atoms with van der Waals surface area (Å²) in [6.07, 6.45) is 6.44. The summed E-state index contributed by atoms with van der Waals surface area (Å²) in [5.41, 5.74) is 0. The van der Waals surface area contributed by atoms with E-state index in [9.17, 15) is 4.79 Å². The Kier molecular flexibility index (Phi) is 4.13. The minimum atomic E-state index is 0.268. The van der Waals surface area contributed by atoms with Gasteiger partial charge in [-0.25, -0.2) is 0 Å². The summed E-state index contributed by atoms with van der Waals surface area (Å²) in [5, 5.41) is 3.51. The summed E-state index contributed by atoms with van der Waals surface area (Å²) in [6.45, 7) is 5.22. The Balaban J connectivity index is 1.80. The highest BCUT2D eigenvalue weighted by Crippen LogP contribution is 2.26. The van der Waals surface area contributed by atoms with Gasteiger partial charge in [0.1, 0.15) is 5.78 Å². The lowest BCUT2D eigenvalue weighted by molar-refractivity contribution is -0.126. The number of rotatable bonds is 5. The molecule has 1 N–H and O–H groups in total. The Morgan fingerprint density at radius 2 is 2.06 bits per heavy atom. The van der Waals surface area contributed by atoms with Crippen LogP contribution < -0.4 is 5.32 Å². The van der Waals surface area contributed by atoms with Crippen molar-refractivity contribution in [3.05, 3.63) is 12.7 Å². The monoisotopic (exact) mass is 223 g/mol. The SMILES string of the molecule is C=CCCCC(=O)C1CC2COCC(C1)N2. The number of ether oxygens (including phenoxy) is 1. The first-order valence-corrected chi connectivity index (χ1v) is 6.27. The lowest BCUT2D eigenvalue weighted by atomic mass is 9.83. The zero-order valence-corrected chi connectivity index (χ0v) is 9.78. The molecule has 3 heteroatoms. The Morgan fingerprint density at radius 3 is 2.69 bits per heavy atom. The first kappa shape index (κ1) is 11.8. The first-order valence-electron chi connectivity index (χ1n) is 6.27. The van der Waals surface area contributed by atoms with E-state index in [1.165, 1.54) is 0 Å². The number of carbonyl (C=O) groups is 1. The van der Waals surface area contributed by atoms with Crippen LogP contribution in [0.3, 0.4) is 0 Å². The molecular formula is C13H21NO2. The second kappa shape index (κ2) is 5.60. The third-order valence-corrected chi connectivity index (χ3v) is 3.53. The highest BCUT2D eigenvalue weighted by molar-refractivity contribution is 5.81. The number of nitrogens with one attached hydrogen (secondary N) is 1. The van der Waals surface area contributed by atoms with Gasteiger partial charge in [0.15, 0.2) is 0 Å². The molecule has 2 heterocycles. The second-order valence-electron chi connectivity index (χ2n) is 4.91. The van der Waals surface area contributed by atoms with Gasteiger partial charge in [0, 0.05) is 24.4 Å². The topological polar surface area (TPSA) is 38.3 Å². The van der Waals surface area contributed by atoms with Crippen molar-refractivity contribution < 1.29 is 9.53 Å². The molecule has 2 bridgehead atoms. The molecule has 0 amide bonds. The van der Waals surface area contributed by atoms with Crippen LogP contribution in [0, 0.1) is 5.92 Å². The van der Waals surface area contributed by atoms with Gasteiger partial charge in [0.2, 0.25) is 0 Å². The maximum absolute atomic E-state index is 12.0. The summed E-state index contributed by atoms with van der Waals surface area (Å²) in [7, 11) is 0. The molecule has 90 valence electrons. The molecule has 0 aliphatic carbocycles. The standard InChI is InChI=1S/C13H21NO2/c1-2-3-4-5-13(15)10-6-11-8-16-9-12(7-10)14-11/h2,10-12,14H,1,3-9H2. The van der Waals surface area contributed by atoms with Crippen molar-refractivity contribution in [2.45, 2.75) is 44.2 Å². The van der Waals surface area contributed by atoms with Crippen molar-refractivity contribution >= 4 is 5.78 Å². The zero-order valence-electron chi connectivity index (χ0n) is 9.78. The van der Waals surface area contributed by atoms with Gasteiger partial charge in [0.25, 0.3) is 0 Å². The molecule has 0 radical (unpaired) electrons. The minimum absolute atomic E-state index is 0.268. The average molecular weight is 223 g/mol. The molecule has 0 aromatic carbocycles. The molecule has 2 saturated heterocycles. The maximum atomic E-state index is 12.0. The van der Waals surface area contributed by atoms with E-state index in [1.807, 2.05) is 6.08 Å². The number of Topliss-reactive ketones (excluding diaryl/α,β-unsaturated/α-hetero) is 1. The van der Waals surface area contributed by atoms with Crippen molar-refractivity contribution in [2.75, 3.05) is 13.2 Å². The van der Waals surface area contributed by atoms with Gasteiger partial charge in [-0.2, -0.15) is 0 Å². The maximum Gasteiger partial charge on any atom is 0.136 e. The van der Waals surface area contributed by atoms with Crippen LogP contribution in [-0.4, -0.2) is 31.1 Å². The van der Waals surface area contributed by atoms with Crippen molar-refractivity contribution in [1.82, 2.24) is 5.32 Å². The van der Waals surface area contributed by atoms with Gasteiger partial charge in [-0.15, -0.1) is 6.58 Å². The van der Waals surface area contributed by atoms with E-state index >= 15 is 0 Å². The Labute approximate surface area is 97.2 Å². The van der Waals surface area contributed by atoms with Crippen LogP contribution in [-0.2, 0) is 9.53 Å². The molecule has 3 nitrogen and oxygen atoms in total. The van der Waals surface area contributed by atoms with Crippen molar-refractivity contribution in [3.63, 3.8) is 0 Å².